The molecule has 10 nitrogen and oxygen atoms in total. The SMILES string of the molecule is COc1ccc(OC)c(C(c2c(F)cccc2F)N(C(=O)O)c2ccnc(Nc3ccc(OCC4CCCN(C)C4)c(F)c3)n2)c1. The number of carboxylic acid groups (broad SMARTS) is 1. The van der Waals surface area contributed by atoms with Gasteiger partial charge in [0.25, 0.3) is 0 Å². The zero-order valence-electron chi connectivity index (χ0n) is 25.5. The molecule has 2 heterocycles. The number of hydrogen-bond acceptors (Lipinski definition) is 8. The largest absolute Gasteiger partial charge is 0.497 e. The van der Waals surface area contributed by atoms with Crippen LogP contribution >= 0.6 is 0 Å². The summed E-state index contributed by atoms with van der Waals surface area (Å²) in [5.74, 6) is -2.02. The zero-order valence-corrected chi connectivity index (χ0v) is 25.5. The molecule has 242 valence electrons. The Bertz CT molecular complexity index is 1670. The third-order valence-corrected chi connectivity index (χ3v) is 7.74. The van der Waals surface area contributed by atoms with Crippen molar-refractivity contribution in [3.05, 3.63) is 95.4 Å². The van der Waals surface area contributed by atoms with E-state index in [0.29, 0.717) is 23.2 Å². The van der Waals surface area contributed by atoms with E-state index < -0.39 is 35.2 Å². The van der Waals surface area contributed by atoms with Gasteiger partial charge in [0.15, 0.2) is 11.6 Å². The first-order valence-electron chi connectivity index (χ1n) is 14.6. The molecule has 13 heteroatoms. The van der Waals surface area contributed by atoms with Crippen LogP contribution < -0.4 is 24.4 Å². The minimum atomic E-state index is -1.61. The van der Waals surface area contributed by atoms with Gasteiger partial charge in [-0.05, 0) is 75.0 Å². The van der Waals surface area contributed by atoms with Gasteiger partial charge in [0.2, 0.25) is 5.95 Å². The second kappa shape index (κ2) is 14.4. The molecule has 1 aliphatic rings. The highest BCUT2D eigenvalue weighted by Gasteiger charge is 2.36. The molecule has 4 aromatic rings. The Balaban J connectivity index is 1.47. The maximum absolute atomic E-state index is 15.3. The molecule has 2 atom stereocenters. The Labute approximate surface area is 264 Å². The molecule has 1 amide bonds. The number of amides is 1. The lowest BCUT2D eigenvalue weighted by Gasteiger charge is -2.31. The number of halogens is 3. The number of ether oxygens (including phenoxy) is 3. The molecule has 2 unspecified atom stereocenters. The number of nitrogens with zero attached hydrogens (tertiary/aromatic N) is 4. The van der Waals surface area contributed by atoms with Crippen molar-refractivity contribution in [1.82, 2.24) is 14.9 Å². The van der Waals surface area contributed by atoms with Gasteiger partial charge in [0, 0.05) is 36.0 Å². The number of nitrogens with one attached hydrogen (secondary N) is 1. The maximum atomic E-state index is 15.3. The average Bonchev–Trinajstić information content (AvgIpc) is 3.03. The molecule has 1 saturated heterocycles. The van der Waals surface area contributed by atoms with Gasteiger partial charge in [-0.3, -0.25) is 0 Å². The molecule has 1 aliphatic heterocycles. The van der Waals surface area contributed by atoms with E-state index in [0.717, 1.165) is 38.1 Å². The van der Waals surface area contributed by atoms with Crippen molar-refractivity contribution in [2.24, 2.45) is 5.92 Å². The molecule has 0 aliphatic carbocycles. The summed E-state index contributed by atoms with van der Waals surface area (Å²) in [4.78, 5) is 24.3. The van der Waals surface area contributed by atoms with Gasteiger partial charge in [-0.1, -0.05) is 6.07 Å². The summed E-state index contributed by atoms with van der Waals surface area (Å²) in [7, 11) is 4.80. The molecule has 0 saturated carbocycles. The first-order valence-corrected chi connectivity index (χ1v) is 14.6. The monoisotopic (exact) mass is 637 g/mol. The summed E-state index contributed by atoms with van der Waals surface area (Å²) < 4.78 is 62.2. The van der Waals surface area contributed by atoms with Gasteiger partial charge in [-0.2, -0.15) is 4.98 Å². The predicted octanol–water partition coefficient (Wildman–Crippen LogP) is 6.65. The van der Waals surface area contributed by atoms with Crippen LogP contribution in [-0.4, -0.2) is 67.0 Å². The highest BCUT2D eigenvalue weighted by molar-refractivity contribution is 5.87. The van der Waals surface area contributed by atoms with E-state index in [4.69, 9.17) is 14.2 Å². The Morgan fingerprint density at radius 1 is 1.04 bits per heavy atom. The van der Waals surface area contributed by atoms with Crippen LogP contribution in [0.1, 0.15) is 30.0 Å². The summed E-state index contributed by atoms with van der Waals surface area (Å²) in [5, 5.41) is 13.3. The molecule has 0 spiro atoms. The Kier molecular flexibility index (Phi) is 10.1. The number of rotatable bonds is 11. The normalized spacial score (nSPS) is 15.6. The fraction of sp³-hybridized carbons (Fsp3) is 0.303. The summed E-state index contributed by atoms with van der Waals surface area (Å²) in [6, 6.07) is 11.7. The van der Waals surface area contributed by atoms with Crippen molar-refractivity contribution in [2.45, 2.75) is 18.9 Å². The summed E-state index contributed by atoms with van der Waals surface area (Å²) in [6.07, 6.45) is 1.78. The van der Waals surface area contributed by atoms with E-state index in [2.05, 4.69) is 20.2 Å². The van der Waals surface area contributed by atoms with Gasteiger partial charge in [0.05, 0.1) is 26.4 Å². The van der Waals surface area contributed by atoms with Crippen LogP contribution in [0, 0.1) is 23.4 Å². The third-order valence-electron chi connectivity index (χ3n) is 7.74. The molecule has 3 aromatic carbocycles. The highest BCUT2D eigenvalue weighted by Crippen LogP contribution is 2.41. The zero-order chi connectivity index (χ0) is 32.8. The minimum Gasteiger partial charge on any atom is -0.497 e. The summed E-state index contributed by atoms with van der Waals surface area (Å²) in [5.41, 5.74) is -0.187. The van der Waals surface area contributed by atoms with Gasteiger partial charge >= 0.3 is 6.09 Å². The van der Waals surface area contributed by atoms with E-state index >= 15 is 8.78 Å². The number of methoxy groups -OCH3 is 2. The molecule has 1 fully saturated rings. The van der Waals surface area contributed by atoms with Crippen LogP contribution in [0.4, 0.5) is 35.4 Å². The van der Waals surface area contributed by atoms with Crippen LogP contribution in [0.25, 0.3) is 0 Å². The molecular weight excluding hydrogens is 603 g/mol. The number of carbonyl (C=O) groups is 1. The van der Waals surface area contributed by atoms with E-state index in [-0.39, 0.29) is 34.5 Å². The Morgan fingerprint density at radius 3 is 2.48 bits per heavy atom. The third kappa shape index (κ3) is 7.26. The first-order chi connectivity index (χ1) is 22.2. The van der Waals surface area contributed by atoms with E-state index in [1.807, 2.05) is 7.05 Å². The van der Waals surface area contributed by atoms with E-state index in [1.54, 1.807) is 12.1 Å². The fourth-order valence-electron chi connectivity index (χ4n) is 5.57. The van der Waals surface area contributed by atoms with Crippen molar-refractivity contribution >= 4 is 23.5 Å². The molecule has 2 N–H and O–H groups in total. The van der Waals surface area contributed by atoms with Crippen LogP contribution in [0.5, 0.6) is 17.2 Å². The van der Waals surface area contributed by atoms with E-state index in [1.165, 1.54) is 56.8 Å². The lowest BCUT2D eigenvalue weighted by molar-refractivity contribution is 0.147. The maximum Gasteiger partial charge on any atom is 0.413 e. The van der Waals surface area contributed by atoms with Gasteiger partial charge < -0.3 is 29.5 Å². The van der Waals surface area contributed by atoms with Crippen molar-refractivity contribution in [3.63, 3.8) is 0 Å². The molecule has 0 radical (unpaired) electrons. The number of piperidine rings is 1. The predicted molar refractivity (Wildman–Crippen MR) is 166 cm³/mol. The number of likely N-dealkylation sites (tertiary alicyclic amines) is 1. The smallest absolute Gasteiger partial charge is 0.413 e. The number of hydrogen-bond donors (Lipinski definition) is 2. The second-order valence-electron chi connectivity index (χ2n) is 10.9. The first kappa shape index (κ1) is 32.4. The fourth-order valence-corrected chi connectivity index (χ4v) is 5.57. The van der Waals surface area contributed by atoms with E-state index in [9.17, 15) is 14.3 Å². The van der Waals surface area contributed by atoms with Crippen molar-refractivity contribution in [2.75, 3.05) is 51.2 Å². The number of benzene rings is 3. The Morgan fingerprint density at radius 2 is 1.80 bits per heavy atom. The topological polar surface area (TPSA) is 109 Å². The van der Waals surface area contributed by atoms with Gasteiger partial charge in [0.1, 0.15) is 35.0 Å². The highest BCUT2D eigenvalue weighted by atomic mass is 19.1. The average molecular weight is 638 g/mol. The second-order valence-corrected chi connectivity index (χ2v) is 10.9. The minimum absolute atomic E-state index is 0.0903. The van der Waals surface area contributed by atoms with Crippen LogP contribution in [0.3, 0.4) is 0 Å². The Hall–Kier alpha value is -5.04. The molecule has 46 heavy (non-hydrogen) atoms. The molecule has 0 bridgehead atoms. The quantitative estimate of drug-likeness (QED) is 0.187. The van der Waals surface area contributed by atoms with Gasteiger partial charge in [-0.15, -0.1) is 0 Å². The van der Waals surface area contributed by atoms with Crippen molar-refractivity contribution in [1.29, 1.82) is 0 Å². The van der Waals surface area contributed by atoms with Crippen LogP contribution in [0.15, 0.2) is 66.9 Å². The number of anilines is 3. The standard InChI is InChI=1S/C33H34F3N5O5/c1-40-15-5-6-20(18-40)19-46-28-11-9-21(16-26(28)36)38-32-37-14-13-29(39-32)41(33(42)43)31(30-24(34)7-4-8-25(30)35)23-17-22(44-2)10-12-27(23)45-3/h4,7-14,16-17,20,31H,5-6,15,18-19H2,1-3H3,(H,42,43)(H,37,38,39). The van der Waals surface area contributed by atoms with Crippen molar-refractivity contribution in [3.8, 4) is 17.2 Å². The van der Waals surface area contributed by atoms with Crippen LogP contribution in [-0.2, 0) is 0 Å². The molecule has 5 rings (SSSR count). The molecule has 1 aromatic heterocycles. The lowest BCUT2D eigenvalue weighted by atomic mass is 9.95. The summed E-state index contributed by atoms with van der Waals surface area (Å²) >= 11 is 0. The van der Waals surface area contributed by atoms with Crippen molar-refractivity contribution < 1.29 is 37.3 Å². The summed E-state index contributed by atoms with van der Waals surface area (Å²) in [6.45, 7) is 2.32. The number of aromatic nitrogens is 2. The molecular formula is C33H34F3N5O5. The van der Waals surface area contributed by atoms with Gasteiger partial charge in [-0.25, -0.2) is 27.8 Å². The lowest BCUT2D eigenvalue weighted by Crippen LogP contribution is -2.36. The van der Waals surface area contributed by atoms with Crippen LogP contribution in [0.2, 0.25) is 0 Å².